The zero-order valence-electron chi connectivity index (χ0n) is 12.1. The van der Waals surface area contributed by atoms with Gasteiger partial charge in [0.05, 0.1) is 20.1 Å². The number of anilines is 1. The number of fused-ring (bicyclic) bond motifs is 1. The summed E-state index contributed by atoms with van der Waals surface area (Å²) in [5, 5.41) is 24.6. The highest BCUT2D eigenvalue weighted by molar-refractivity contribution is 7.22. The number of aromatic nitrogens is 1. The number of carbonyl (C=O) groups excluding carboxylic acids is 1. The number of amides is 1. The molecule has 1 aromatic heterocycles. The molecular formula is C14H7ClN4O5S. The van der Waals surface area contributed by atoms with E-state index >= 15 is 0 Å². The summed E-state index contributed by atoms with van der Waals surface area (Å²) in [7, 11) is 0. The molecule has 9 nitrogen and oxygen atoms in total. The summed E-state index contributed by atoms with van der Waals surface area (Å²) >= 11 is 6.74. The van der Waals surface area contributed by atoms with E-state index in [9.17, 15) is 25.0 Å². The van der Waals surface area contributed by atoms with Crippen molar-refractivity contribution >= 4 is 55.6 Å². The molecule has 1 amide bonds. The number of nitrogens with one attached hydrogen (secondary N) is 1. The van der Waals surface area contributed by atoms with E-state index in [1.807, 2.05) is 0 Å². The van der Waals surface area contributed by atoms with Crippen LogP contribution in [-0.2, 0) is 0 Å². The van der Waals surface area contributed by atoms with Crippen molar-refractivity contribution in [1.29, 1.82) is 0 Å². The van der Waals surface area contributed by atoms with Crippen molar-refractivity contribution in [1.82, 2.24) is 4.98 Å². The lowest BCUT2D eigenvalue weighted by molar-refractivity contribution is -0.385. The Balaban J connectivity index is 1.92. The summed E-state index contributed by atoms with van der Waals surface area (Å²) in [6.07, 6.45) is 0. The Morgan fingerprint density at radius 1 is 1.12 bits per heavy atom. The molecule has 11 heteroatoms. The minimum atomic E-state index is -0.725. The van der Waals surface area contributed by atoms with E-state index in [1.54, 1.807) is 0 Å². The van der Waals surface area contributed by atoms with E-state index in [4.69, 9.17) is 11.6 Å². The SMILES string of the molecule is O=C(Nc1nc2ccc([N+](=O)[O-])cc2s1)c1ccc(Cl)cc1[N+](=O)[O-]. The number of nitrogens with zero attached hydrogens (tertiary/aromatic N) is 3. The van der Waals surface area contributed by atoms with Gasteiger partial charge in [-0.25, -0.2) is 4.98 Å². The number of carbonyl (C=O) groups is 1. The Kier molecular flexibility index (Phi) is 4.30. The van der Waals surface area contributed by atoms with Gasteiger partial charge in [0, 0.05) is 23.2 Å². The molecule has 0 aliphatic rings. The average Bonchev–Trinajstić information content (AvgIpc) is 2.95. The first kappa shape index (κ1) is 16.7. The fraction of sp³-hybridized carbons (Fsp3) is 0. The first-order chi connectivity index (χ1) is 11.8. The number of non-ortho nitro benzene ring substituents is 1. The summed E-state index contributed by atoms with van der Waals surface area (Å²) in [6, 6.07) is 7.80. The van der Waals surface area contributed by atoms with Crippen LogP contribution in [-0.4, -0.2) is 20.7 Å². The minimum Gasteiger partial charge on any atom is -0.298 e. The minimum absolute atomic E-state index is 0.0950. The number of thiazole rings is 1. The van der Waals surface area contributed by atoms with Gasteiger partial charge < -0.3 is 0 Å². The normalized spacial score (nSPS) is 10.6. The zero-order chi connectivity index (χ0) is 18.1. The van der Waals surface area contributed by atoms with Gasteiger partial charge in [-0.3, -0.25) is 30.3 Å². The van der Waals surface area contributed by atoms with Crippen molar-refractivity contribution in [2.75, 3.05) is 5.32 Å². The van der Waals surface area contributed by atoms with Crippen LogP contribution < -0.4 is 5.32 Å². The van der Waals surface area contributed by atoms with Gasteiger partial charge in [-0.2, -0.15) is 0 Å². The van der Waals surface area contributed by atoms with Crippen LogP contribution in [0.25, 0.3) is 10.2 Å². The van der Waals surface area contributed by atoms with Gasteiger partial charge in [0.1, 0.15) is 5.56 Å². The Morgan fingerprint density at radius 2 is 1.88 bits per heavy atom. The molecule has 0 bridgehead atoms. The Bertz CT molecular complexity index is 1040. The average molecular weight is 379 g/mol. The standard InChI is InChI=1S/C14H7ClN4O5S/c15-7-1-3-9(11(5-7)19(23)24)13(20)17-14-16-10-4-2-8(18(21)22)6-12(10)25-14/h1-6H,(H,16,17,20). The largest absolute Gasteiger partial charge is 0.298 e. The monoisotopic (exact) mass is 378 g/mol. The van der Waals surface area contributed by atoms with Crippen molar-refractivity contribution in [3.05, 3.63) is 67.2 Å². The third-order valence-corrected chi connectivity index (χ3v) is 4.37. The molecule has 0 radical (unpaired) electrons. The van der Waals surface area contributed by atoms with Gasteiger partial charge in [-0.05, 0) is 18.2 Å². The van der Waals surface area contributed by atoms with Gasteiger partial charge in [-0.1, -0.05) is 22.9 Å². The molecule has 0 atom stereocenters. The van der Waals surface area contributed by atoms with Gasteiger partial charge in [0.25, 0.3) is 17.3 Å². The molecule has 3 aromatic rings. The highest BCUT2D eigenvalue weighted by atomic mass is 35.5. The number of hydrogen-bond donors (Lipinski definition) is 1. The van der Waals surface area contributed by atoms with Crippen LogP contribution in [0.5, 0.6) is 0 Å². The van der Waals surface area contributed by atoms with Crippen molar-refractivity contribution in [3.63, 3.8) is 0 Å². The molecule has 0 spiro atoms. The number of halogens is 1. The lowest BCUT2D eigenvalue weighted by atomic mass is 10.1. The summed E-state index contributed by atoms with van der Waals surface area (Å²) < 4.78 is 0.509. The maximum atomic E-state index is 12.3. The Hall–Kier alpha value is -3.11. The maximum absolute atomic E-state index is 12.3. The van der Waals surface area contributed by atoms with E-state index in [-0.39, 0.29) is 21.4 Å². The number of hydrogen-bond acceptors (Lipinski definition) is 7. The van der Waals surface area contributed by atoms with E-state index in [2.05, 4.69) is 10.3 Å². The molecule has 1 heterocycles. The lowest BCUT2D eigenvalue weighted by Gasteiger charge is -2.03. The van der Waals surface area contributed by atoms with Gasteiger partial charge >= 0.3 is 0 Å². The lowest BCUT2D eigenvalue weighted by Crippen LogP contribution is -2.13. The van der Waals surface area contributed by atoms with E-state index < -0.39 is 21.4 Å². The number of nitro groups is 2. The molecule has 0 aliphatic carbocycles. The van der Waals surface area contributed by atoms with E-state index in [1.165, 1.54) is 30.3 Å². The van der Waals surface area contributed by atoms with Crippen LogP contribution in [0, 0.1) is 20.2 Å². The molecule has 0 aliphatic heterocycles. The molecular weight excluding hydrogens is 372 g/mol. The van der Waals surface area contributed by atoms with Crippen molar-refractivity contribution in [3.8, 4) is 0 Å². The number of benzene rings is 2. The van der Waals surface area contributed by atoms with Crippen LogP contribution in [0.15, 0.2) is 36.4 Å². The van der Waals surface area contributed by atoms with Crippen LogP contribution in [0.1, 0.15) is 10.4 Å². The smallest absolute Gasteiger partial charge is 0.283 e. The third-order valence-electron chi connectivity index (χ3n) is 3.20. The van der Waals surface area contributed by atoms with Gasteiger partial charge in [0.15, 0.2) is 5.13 Å². The van der Waals surface area contributed by atoms with Crippen LogP contribution in [0.3, 0.4) is 0 Å². The fourth-order valence-electron chi connectivity index (χ4n) is 2.09. The molecule has 0 fully saturated rings. The second-order valence-corrected chi connectivity index (χ2v) is 6.27. The quantitative estimate of drug-likeness (QED) is 0.539. The second-order valence-electron chi connectivity index (χ2n) is 4.80. The molecule has 0 unspecified atom stereocenters. The fourth-order valence-corrected chi connectivity index (χ4v) is 3.15. The van der Waals surface area contributed by atoms with Crippen molar-refractivity contribution in [2.24, 2.45) is 0 Å². The Labute approximate surface area is 148 Å². The van der Waals surface area contributed by atoms with Gasteiger partial charge in [0.2, 0.25) is 0 Å². The molecule has 126 valence electrons. The summed E-state index contributed by atoms with van der Waals surface area (Å²) in [4.78, 5) is 37.1. The molecule has 3 rings (SSSR count). The number of rotatable bonds is 4. The molecule has 2 aromatic carbocycles. The van der Waals surface area contributed by atoms with Crippen molar-refractivity contribution in [2.45, 2.75) is 0 Å². The van der Waals surface area contributed by atoms with Crippen LogP contribution in [0.2, 0.25) is 5.02 Å². The summed E-state index contributed by atoms with van der Waals surface area (Å²) in [5.74, 6) is -0.725. The van der Waals surface area contributed by atoms with Crippen molar-refractivity contribution < 1.29 is 14.6 Å². The highest BCUT2D eigenvalue weighted by Crippen LogP contribution is 2.30. The second kappa shape index (κ2) is 6.42. The highest BCUT2D eigenvalue weighted by Gasteiger charge is 2.21. The summed E-state index contributed by atoms with van der Waals surface area (Å²) in [5.41, 5.74) is -0.222. The first-order valence-corrected chi connectivity index (χ1v) is 7.85. The zero-order valence-corrected chi connectivity index (χ0v) is 13.7. The number of nitro benzene ring substituents is 2. The maximum Gasteiger partial charge on any atom is 0.283 e. The van der Waals surface area contributed by atoms with E-state index in [0.29, 0.717) is 10.2 Å². The predicted octanol–water partition coefficient (Wildman–Crippen LogP) is 4.02. The predicted molar refractivity (Wildman–Crippen MR) is 92.3 cm³/mol. The first-order valence-electron chi connectivity index (χ1n) is 6.65. The Morgan fingerprint density at radius 3 is 2.56 bits per heavy atom. The molecule has 0 saturated carbocycles. The molecule has 25 heavy (non-hydrogen) atoms. The van der Waals surface area contributed by atoms with Crippen LogP contribution in [0.4, 0.5) is 16.5 Å². The topological polar surface area (TPSA) is 128 Å². The molecule has 0 saturated heterocycles. The molecule has 1 N–H and O–H groups in total. The van der Waals surface area contributed by atoms with E-state index in [0.717, 1.165) is 17.4 Å². The summed E-state index contributed by atoms with van der Waals surface area (Å²) in [6.45, 7) is 0. The van der Waals surface area contributed by atoms with Gasteiger partial charge in [-0.15, -0.1) is 0 Å². The van der Waals surface area contributed by atoms with Crippen LogP contribution >= 0.6 is 22.9 Å². The third kappa shape index (κ3) is 3.39.